The van der Waals surface area contributed by atoms with E-state index in [0.29, 0.717) is 24.1 Å². The zero-order chi connectivity index (χ0) is 22.5. The third-order valence-corrected chi connectivity index (χ3v) is 6.61. The van der Waals surface area contributed by atoms with E-state index in [1.165, 1.54) is 0 Å². The van der Waals surface area contributed by atoms with Gasteiger partial charge in [-0.05, 0) is 40.3 Å². The first-order valence-electron chi connectivity index (χ1n) is 11.0. The number of nitrogens with zero attached hydrogens (tertiary/aromatic N) is 2. The van der Waals surface area contributed by atoms with E-state index < -0.39 is 0 Å². The van der Waals surface area contributed by atoms with E-state index in [1.54, 1.807) is 23.1 Å². The number of fused-ring (bicyclic) bond motifs is 1. The summed E-state index contributed by atoms with van der Waals surface area (Å²) < 4.78 is 0. The molecule has 4 heteroatoms. The number of ketones is 1. The van der Waals surface area contributed by atoms with E-state index in [4.69, 9.17) is 0 Å². The SMILES string of the molecule is CC1(C)CC(=O)C2=C(C1)N(c1ccccc1C#N)C(=O)CC2c1cccc2ccccc12. The van der Waals surface area contributed by atoms with Crippen LogP contribution in [0.2, 0.25) is 0 Å². The van der Waals surface area contributed by atoms with Crippen LogP contribution in [0.1, 0.15) is 50.2 Å². The van der Waals surface area contributed by atoms with Gasteiger partial charge in [0.15, 0.2) is 5.78 Å². The maximum absolute atomic E-state index is 13.6. The van der Waals surface area contributed by atoms with Crippen molar-refractivity contribution >= 4 is 28.2 Å². The maximum Gasteiger partial charge on any atom is 0.232 e. The van der Waals surface area contributed by atoms with Crippen LogP contribution in [0.25, 0.3) is 10.8 Å². The zero-order valence-corrected chi connectivity index (χ0v) is 18.3. The summed E-state index contributed by atoms with van der Waals surface area (Å²) in [6.45, 7) is 4.13. The number of amides is 1. The number of allylic oxidation sites excluding steroid dienone is 2. The lowest BCUT2D eigenvalue weighted by Crippen LogP contribution is -2.44. The van der Waals surface area contributed by atoms with E-state index in [2.05, 4.69) is 38.1 Å². The summed E-state index contributed by atoms with van der Waals surface area (Å²) in [5, 5.41) is 11.8. The molecule has 1 aliphatic carbocycles. The molecule has 1 amide bonds. The van der Waals surface area contributed by atoms with E-state index >= 15 is 0 Å². The van der Waals surface area contributed by atoms with Crippen LogP contribution >= 0.6 is 0 Å². The molecule has 158 valence electrons. The third-order valence-electron chi connectivity index (χ3n) is 6.61. The van der Waals surface area contributed by atoms with Crippen molar-refractivity contribution in [1.82, 2.24) is 0 Å². The molecule has 4 nitrogen and oxygen atoms in total. The Morgan fingerprint density at radius 3 is 2.47 bits per heavy atom. The molecule has 5 rings (SSSR count). The molecule has 0 spiro atoms. The van der Waals surface area contributed by atoms with Crippen molar-refractivity contribution in [3.63, 3.8) is 0 Å². The molecule has 1 unspecified atom stereocenters. The largest absolute Gasteiger partial charge is 0.294 e. The molecule has 2 aliphatic rings. The second-order valence-corrected chi connectivity index (χ2v) is 9.48. The van der Waals surface area contributed by atoms with Gasteiger partial charge in [0.05, 0.1) is 11.3 Å². The first kappa shape index (κ1) is 20.2. The number of benzene rings is 3. The lowest BCUT2D eigenvalue weighted by atomic mass is 9.68. The van der Waals surface area contributed by atoms with Gasteiger partial charge in [0.2, 0.25) is 5.91 Å². The lowest BCUT2D eigenvalue weighted by Gasteiger charge is -2.43. The fraction of sp³-hybridized carbons (Fsp3) is 0.250. The van der Waals surface area contributed by atoms with E-state index in [-0.39, 0.29) is 29.4 Å². The molecule has 0 bridgehead atoms. The Kier molecular flexibility index (Phi) is 4.71. The van der Waals surface area contributed by atoms with Gasteiger partial charge in [0.25, 0.3) is 0 Å². The van der Waals surface area contributed by atoms with Gasteiger partial charge >= 0.3 is 0 Å². The van der Waals surface area contributed by atoms with Crippen molar-refractivity contribution < 1.29 is 9.59 Å². The predicted molar refractivity (Wildman–Crippen MR) is 125 cm³/mol. The monoisotopic (exact) mass is 420 g/mol. The van der Waals surface area contributed by atoms with Gasteiger partial charge in [-0.1, -0.05) is 68.4 Å². The molecule has 1 aliphatic heterocycles. The fourth-order valence-corrected chi connectivity index (χ4v) is 5.28. The number of carbonyl (C=O) groups is 2. The molecular weight excluding hydrogens is 396 g/mol. The standard InChI is InChI=1S/C28H24N2O2/c1-28(2)15-24-27(25(31)16-28)22(21-12-7-10-18-8-3-5-11-20(18)21)14-26(32)30(24)23-13-6-4-9-19(23)17-29/h3-13,22H,14-16H2,1-2H3. The van der Waals surface area contributed by atoms with Crippen LogP contribution in [0.15, 0.2) is 78.0 Å². The zero-order valence-electron chi connectivity index (χ0n) is 18.3. The van der Waals surface area contributed by atoms with Crippen LogP contribution in [0.4, 0.5) is 5.69 Å². The highest BCUT2D eigenvalue weighted by Crippen LogP contribution is 2.49. The van der Waals surface area contributed by atoms with Gasteiger partial charge < -0.3 is 0 Å². The number of Topliss-reactive ketones (excluding diaryl/α,β-unsaturated/α-hetero) is 1. The second-order valence-electron chi connectivity index (χ2n) is 9.48. The summed E-state index contributed by atoms with van der Waals surface area (Å²) in [5.41, 5.74) is 3.25. The Morgan fingerprint density at radius 2 is 1.66 bits per heavy atom. The first-order chi connectivity index (χ1) is 15.4. The van der Waals surface area contributed by atoms with Crippen molar-refractivity contribution in [3.05, 3.63) is 89.1 Å². The number of anilines is 1. The average molecular weight is 421 g/mol. The number of rotatable bonds is 2. The number of para-hydroxylation sites is 1. The highest BCUT2D eigenvalue weighted by atomic mass is 16.2. The molecule has 0 aromatic heterocycles. The van der Waals surface area contributed by atoms with Gasteiger partial charge in [-0.2, -0.15) is 5.26 Å². The molecule has 1 atom stereocenters. The van der Waals surface area contributed by atoms with Crippen molar-refractivity contribution in [2.45, 2.75) is 39.0 Å². The molecular formula is C28H24N2O2. The molecule has 3 aromatic rings. The molecule has 3 aromatic carbocycles. The van der Waals surface area contributed by atoms with Crippen molar-refractivity contribution in [1.29, 1.82) is 5.26 Å². The molecule has 32 heavy (non-hydrogen) atoms. The number of hydrogen-bond donors (Lipinski definition) is 0. The Bertz CT molecular complexity index is 1340. The predicted octanol–water partition coefficient (Wildman–Crippen LogP) is 5.88. The minimum Gasteiger partial charge on any atom is -0.294 e. The summed E-state index contributed by atoms with van der Waals surface area (Å²) in [4.78, 5) is 28.8. The van der Waals surface area contributed by atoms with Crippen LogP contribution in [-0.2, 0) is 9.59 Å². The van der Waals surface area contributed by atoms with Gasteiger partial charge in [-0.15, -0.1) is 0 Å². The van der Waals surface area contributed by atoms with Gasteiger partial charge in [0.1, 0.15) is 6.07 Å². The summed E-state index contributed by atoms with van der Waals surface area (Å²) in [6, 6.07) is 23.5. The smallest absolute Gasteiger partial charge is 0.232 e. The molecule has 0 N–H and O–H groups in total. The highest BCUT2D eigenvalue weighted by Gasteiger charge is 2.45. The Hall–Kier alpha value is -3.71. The van der Waals surface area contributed by atoms with Crippen molar-refractivity contribution in [3.8, 4) is 6.07 Å². The quantitative estimate of drug-likeness (QED) is 0.520. The first-order valence-corrected chi connectivity index (χ1v) is 11.0. The van der Waals surface area contributed by atoms with Crippen LogP contribution < -0.4 is 4.90 Å². The van der Waals surface area contributed by atoms with Crippen molar-refractivity contribution in [2.24, 2.45) is 5.41 Å². The van der Waals surface area contributed by atoms with Crippen LogP contribution in [0, 0.1) is 16.7 Å². The molecule has 0 radical (unpaired) electrons. The normalized spacial score (nSPS) is 20.3. The highest BCUT2D eigenvalue weighted by molar-refractivity contribution is 6.09. The molecule has 1 heterocycles. The van der Waals surface area contributed by atoms with Gasteiger partial charge in [-0.3, -0.25) is 14.5 Å². The Labute approximate surface area is 187 Å². The van der Waals surface area contributed by atoms with Gasteiger partial charge in [-0.25, -0.2) is 0 Å². The minimum atomic E-state index is -0.280. The minimum absolute atomic E-state index is 0.0742. The topological polar surface area (TPSA) is 61.2 Å². The number of hydrogen-bond acceptors (Lipinski definition) is 3. The number of nitriles is 1. The Morgan fingerprint density at radius 1 is 0.938 bits per heavy atom. The lowest BCUT2D eigenvalue weighted by molar-refractivity contribution is -0.120. The van der Waals surface area contributed by atoms with Crippen LogP contribution in [-0.4, -0.2) is 11.7 Å². The maximum atomic E-state index is 13.6. The van der Waals surface area contributed by atoms with Crippen LogP contribution in [0.5, 0.6) is 0 Å². The number of carbonyl (C=O) groups excluding carboxylic acids is 2. The van der Waals surface area contributed by atoms with Gasteiger partial charge in [0, 0.05) is 30.0 Å². The van der Waals surface area contributed by atoms with Crippen molar-refractivity contribution in [2.75, 3.05) is 4.90 Å². The summed E-state index contributed by atoms with van der Waals surface area (Å²) >= 11 is 0. The van der Waals surface area contributed by atoms with E-state index in [9.17, 15) is 14.9 Å². The van der Waals surface area contributed by atoms with E-state index in [0.717, 1.165) is 27.6 Å². The summed E-state index contributed by atoms with van der Waals surface area (Å²) in [6.07, 6.45) is 1.27. The fourth-order valence-electron chi connectivity index (χ4n) is 5.28. The average Bonchev–Trinajstić information content (AvgIpc) is 2.77. The molecule has 0 fully saturated rings. The molecule has 0 saturated heterocycles. The third kappa shape index (κ3) is 3.22. The van der Waals surface area contributed by atoms with E-state index in [1.807, 2.05) is 30.3 Å². The van der Waals surface area contributed by atoms with Crippen LogP contribution in [0.3, 0.4) is 0 Å². The summed E-state index contributed by atoms with van der Waals surface area (Å²) in [7, 11) is 0. The second kappa shape index (κ2) is 7.46. The molecule has 0 saturated carbocycles. The Balaban J connectivity index is 1.76. The summed E-state index contributed by atoms with van der Waals surface area (Å²) in [5.74, 6) is -0.256.